The molecule has 0 fully saturated rings. The van der Waals surface area contributed by atoms with Gasteiger partial charge in [0.05, 0.1) is 6.61 Å². The molecule has 2 rings (SSSR count). The average Bonchev–Trinajstić information content (AvgIpc) is 2.89. The number of anilines is 2. The molecule has 0 spiro atoms. The van der Waals surface area contributed by atoms with Gasteiger partial charge in [-0.05, 0) is 25.1 Å². The topological polar surface area (TPSA) is 73.1 Å². The number of nitrogens with two attached hydrogens (primary N) is 1. The number of nitrogens with one attached hydrogen (secondary N) is 1. The van der Waals surface area contributed by atoms with Crippen LogP contribution in [0.25, 0.3) is 0 Å². The number of benzene rings is 1. The van der Waals surface area contributed by atoms with Gasteiger partial charge in [0.15, 0.2) is 0 Å². The highest BCUT2D eigenvalue weighted by atomic mass is 32.1. The third kappa shape index (κ3) is 3.46. The zero-order chi connectivity index (χ0) is 14.5. The molecule has 0 aliphatic rings. The Bertz CT molecular complexity index is 568. The second-order valence-electron chi connectivity index (χ2n) is 4.70. The molecule has 0 aliphatic heterocycles. The summed E-state index contributed by atoms with van der Waals surface area (Å²) in [6, 6.07) is 5.88. The Hall–Kier alpha value is -1.66. The van der Waals surface area contributed by atoms with Crippen LogP contribution in [0.2, 0.25) is 0 Å². The molecule has 5 nitrogen and oxygen atoms in total. The van der Waals surface area contributed by atoms with Gasteiger partial charge in [0, 0.05) is 35.2 Å². The van der Waals surface area contributed by atoms with E-state index in [-0.39, 0.29) is 0 Å². The van der Waals surface area contributed by atoms with E-state index in [9.17, 15) is 0 Å². The highest BCUT2D eigenvalue weighted by Crippen LogP contribution is 2.26. The van der Waals surface area contributed by atoms with Crippen LogP contribution in [0.1, 0.15) is 38.1 Å². The van der Waals surface area contributed by atoms with Crippen LogP contribution in [0.5, 0.6) is 5.75 Å². The predicted molar refractivity (Wildman–Crippen MR) is 82.8 cm³/mol. The van der Waals surface area contributed by atoms with E-state index in [0.29, 0.717) is 19.1 Å². The van der Waals surface area contributed by atoms with Gasteiger partial charge in [-0.3, -0.25) is 0 Å². The van der Waals surface area contributed by atoms with Crippen molar-refractivity contribution in [2.45, 2.75) is 33.2 Å². The quantitative estimate of drug-likeness (QED) is 0.855. The molecule has 0 radical (unpaired) electrons. The molecule has 0 bridgehead atoms. The Morgan fingerprint density at radius 1 is 1.40 bits per heavy atom. The molecule has 2 aromatic rings. The molecule has 0 atom stereocenters. The van der Waals surface area contributed by atoms with Crippen LogP contribution in [-0.4, -0.2) is 16.0 Å². The van der Waals surface area contributed by atoms with Crippen molar-refractivity contribution < 1.29 is 4.74 Å². The van der Waals surface area contributed by atoms with Crippen molar-refractivity contribution in [1.82, 2.24) is 9.36 Å². The third-order valence-corrected chi connectivity index (χ3v) is 3.43. The van der Waals surface area contributed by atoms with Crippen LogP contribution in [0.15, 0.2) is 18.2 Å². The van der Waals surface area contributed by atoms with E-state index in [2.05, 4.69) is 28.5 Å². The Balaban J connectivity index is 2.16. The number of aromatic nitrogens is 2. The first-order chi connectivity index (χ1) is 9.63. The summed E-state index contributed by atoms with van der Waals surface area (Å²) in [5.74, 6) is 2.03. The fraction of sp³-hybridized carbons (Fsp3) is 0.429. The molecular formula is C14H20N4OS. The Morgan fingerprint density at radius 2 is 2.20 bits per heavy atom. The Kier molecular flexibility index (Phi) is 4.92. The molecule has 0 unspecified atom stereocenters. The van der Waals surface area contributed by atoms with E-state index < -0.39 is 0 Å². The van der Waals surface area contributed by atoms with Gasteiger partial charge in [-0.25, -0.2) is 4.98 Å². The van der Waals surface area contributed by atoms with Crippen molar-refractivity contribution >= 4 is 22.4 Å². The molecule has 6 heteroatoms. The number of hydrogen-bond donors (Lipinski definition) is 2. The van der Waals surface area contributed by atoms with Crippen LogP contribution >= 0.6 is 11.5 Å². The zero-order valence-corrected chi connectivity index (χ0v) is 12.8. The molecule has 0 amide bonds. The predicted octanol–water partition coefficient (Wildman–Crippen LogP) is 3.26. The van der Waals surface area contributed by atoms with E-state index in [1.807, 2.05) is 25.1 Å². The molecular weight excluding hydrogens is 272 g/mol. The summed E-state index contributed by atoms with van der Waals surface area (Å²) in [6.07, 6.45) is 0. The van der Waals surface area contributed by atoms with Crippen molar-refractivity contribution in [2.24, 2.45) is 5.73 Å². The van der Waals surface area contributed by atoms with Gasteiger partial charge < -0.3 is 15.8 Å². The van der Waals surface area contributed by atoms with Crippen molar-refractivity contribution in [3.05, 3.63) is 29.6 Å². The lowest BCUT2D eigenvalue weighted by Gasteiger charge is -2.11. The van der Waals surface area contributed by atoms with Gasteiger partial charge >= 0.3 is 0 Å². The smallest absolute Gasteiger partial charge is 0.207 e. The van der Waals surface area contributed by atoms with Crippen molar-refractivity contribution in [2.75, 3.05) is 11.9 Å². The van der Waals surface area contributed by atoms with Crippen LogP contribution in [-0.2, 0) is 6.54 Å². The van der Waals surface area contributed by atoms with Gasteiger partial charge in [0.25, 0.3) is 0 Å². The zero-order valence-electron chi connectivity index (χ0n) is 12.0. The molecule has 1 aromatic heterocycles. The number of rotatable bonds is 6. The SMILES string of the molecule is CCOc1ccc(Nc2nc(C(C)C)ns2)cc1CN. The summed E-state index contributed by atoms with van der Waals surface area (Å²) in [5, 5.41) is 4.05. The lowest BCUT2D eigenvalue weighted by molar-refractivity contribution is 0.336. The second kappa shape index (κ2) is 6.67. The van der Waals surface area contributed by atoms with Crippen molar-refractivity contribution in [3.63, 3.8) is 0 Å². The van der Waals surface area contributed by atoms with Crippen LogP contribution < -0.4 is 15.8 Å². The lowest BCUT2D eigenvalue weighted by atomic mass is 10.2. The largest absolute Gasteiger partial charge is 0.494 e. The minimum absolute atomic E-state index is 0.335. The summed E-state index contributed by atoms with van der Waals surface area (Å²) in [7, 11) is 0. The molecule has 0 saturated heterocycles. The minimum Gasteiger partial charge on any atom is -0.494 e. The van der Waals surface area contributed by atoms with E-state index in [1.165, 1.54) is 11.5 Å². The maximum atomic E-state index is 5.75. The lowest BCUT2D eigenvalue weighted by Crippen LogP contribution is -2.03. The Morgan fingerprint density at radius 3 is 2.80 bits per heavy atom. The molecule has 0 aliphatic carbocycles. The van der Waals surface area contributed by atoms with Gasteiger partial charge in [0.2, 0.25) is 5.13 Å². The monoisotopic (exact) mass is 292 g/mol. The highest BCUT2D eigenvalue weighted by Gasteiger charge is 2.09. The van der Waals surface area contributed by atoms with E-state index >= 15 is 0 Å². The molecule has 20 heavy (non-hydrogen) atoms. The van der Waals surface area contributed by atoms with E-state index in [4.69, 9.17) is 10.5 Å². The standard InChI is InChI=1S/C14H20N4OS/c1-4-19-12-6-5-11(7-10(12)8-15)16-14-17-13(9(2)3)18-20-14/h5-7,9H,4,8,15H2,1-3H3,(H,16,17,18). The molecule has 0 saturated carbocycles. The summed E-state index contributed by atoms with van der Waals surface area (Å²) < 4.78 is 9.86. The fourth-order valence-electron chi connectivity index (χ4n) is 1.76. The third-order valence-electron chi connectivity index (χ3n) is 2.79. The normalized spacial score (nSPS) is 10.8. The second-order valence-corrected chi connectivity index (χ2v) is 5.45. The number of ether oxygens (including phenoxy) is 1. The summed E-state index contributed by atoms with van der Waals surface area (Å²) >= 11 is 1.37. The molecule has 3 N–H and O–H groups in total. The van der Waals surface area contributed by atoms with Gasteiger partial charge in [-0.15, -0.1) is 0 Å². The number of nitrogens with zero attached hydrogens (tertiary/aromatic N) is 2. The van der Waals surface area contributed by atoms with Crippen LogP contribution in [0.3, 0.4) is 0 Å². The number of hydrogen-bond acceptors (Lipinski definition) is 6. The maximum Gasteiger partial charge on any atom is 0.207 e. The maximum absolute atomic E-state index is 5.75. The summed E-state index contributed by atoms with van der Waals surface area (Å²) in [6.45, 7) is 7.19. The van der Waals surface area contributed by atoms with Gasteiger partial charge in [-0.1, -0.05) is 13.8 Å². The van der Waals surface area contributed by atoms with E-state index in [1.54, 1.807) is 0 Å². The summed E-state index contributed by atoms with van der Waals surface area (Å²) in [4.78, 5) is 4.45. The molecule has 1 heterocycles. The first-order valence-corrected chi connectivity index (χ1v) is 7.47. The average molecular weight is 292 g/mol. The van der Waals surface area contributed by atoms with Crippen molar-refractivity contribution in [3.8, 4) is 5.75 Å². The van der Waals surface area contributed by atoms with E-state index in [0.717, 1.165) is 28.0 Å². The van der Waals surface area contributed by atoms with Gasteiger partial charge in [-0.2, -0.15) is 4.37 Å². The molecule has 1 aromatic carbocycles. The summed E-state index contributed by atoms with van der Waals surface area (Å²) in [5.41, 5.74) is 7.68. The van der Waals surface area contributed by atoms with Crippen molar-refractivity contribution in [1.29, 1.82) is 0 Å². The minimum atomic E-state index is 0.335. The highest BCUT2D eigenvalue weighted by molar-refractivity contribution is 7.09. The fourth-order valence-corrected chi connectivity index (χ4v) is 2.49. The Labute approximate surface area is 123 Å². The van der Waals surface area contributed by atoms with Crippen LogP contribution in [0, 0.1) is 0 Å². The first-order valence-electron chi connectivity index (χ1n) is 6.70. The van der Waals surface area contributed by atoms with Gasteiger partial charge in [0.1, 0.15) is 11.6 Å². The van der Waals surface area contributed by atoms with Crippen LogP contribution in [0.4, 0.5) is 10.8 Å². The first kappa shape index (κ1) is 14.7. The molecule has 108 valence electrons.